The van der Waals surface area contributed by atoms with Crippen molar-refractivity contribution in [2.24, 2.45) is 0 Å². The van der Waals surface area contributed by atoms with E-state index >= 15 is 0 Å². The lowest BCUT2D eigenvalue weighted by atomic mass is 9.81. The van der Waals surface area contributed by atoms with Gasteiger partial charge in [-0.15, -0.1) is 0 Å². The van der Waals surface area contributed by atoms with Gasteiger partial charge in [-0.05, 0) is 18.9 Å². The Hall–Kier alpha value is -1.05. The van der Waals surface area contributed by atoms with E-state index in [4.69, 9.17) is 4.74 Å². The first-order chi connectivity index (χ1) is 9.67. The second kappa shape index (κ2) is 5.75. The molecular weight excluding hydrogens is 266 g/mol. The highest BCUT2D eigenvalue weighted by Crippen LogP contribution is 2.37. The standard InChI is InChI=1S/C13H20F2N4O/c14-12(15)7-19-6-10(11-1-3-17-18-11)5-13(8-19)2-4-16-9-20-13/h1,3,10,12,16H,2,4-9H2,(H,17,18). The molecule has 0 saturated carbocycles. The summed E-state index contributed by atoms with van der Waals surface area (Å²) in [5, 5.41) is 10.1. The number of aromatic nitrogens is 2. The monoisotopic (exact) mass is 286 g/mol. The zero-order valence-electron chi connectivity index (χ0n) is 11.3. The van der Waals surface area contributed by atoms with Crippen LogP contribution >= 0.6 is 0 Å². The molecule has 112 valence electrons. The van der Waals surface area contributed by atoms with Gasteiger partial charge < -0.3 is 4.74 Å². The lowest BCUT2D eigenvalue weighted by Gasteiger charge is -2.47. The molecule has 1 aromatic rings. The van der Waals surface area contributed by atoms with Crippen LogP contribution in [-0.2, 0) is 4.74 Å². The van der Waals surface area contributed by atoms with Gasteiger partial charge >= 0.3 is 0 Å². The molecule has 2 N–H and O–H groups in total. The van der Waals surface area contributed by atoms with Gasteiger partial charge in [0.25, 0.3) is 6.43 Å². The van der Waals surface area contributed by atoms with Gasteiger partial charge in [-0.1, -0.05) is 0 Å². The fourth-order valence-electron chi connectivity index (χ4n) is 3.35. The van der Waals surface area contributed by atoms with Gasteiger partial charge in [0.05, 0.1) is 18.9 Å². The molecule has 0 bridgehead atoms. The number of halogens is 2. The van der Waals surface area contributed by atoms with Crippen molar-refractivity contribution in [2.75, 3.05) is 32.9 Å². The number of aromatic amines is 1. The van der Waals surface area contributed by atoms with E-state index < -0.39 is 6.43 Å². The van der Waals surface area contributed by atoms with Crippen LogP contribution in [0, 0.1) is 0 Å². The molecule has 0 aromatic carbocycles. The van der Waals surface area contributed by atoms with Gasteiger partial charge in [-0.2, -0.15) is 5.10 Å². The highest BCUT2D eigenvalue weighted by atomic mass is 19.3. The first-order valence-electron chi connectivity index (χ1n) is 7.01. The second-order valence-electron chi connectivity index (χ2n) is 5.72. The van der Waals surface area contributed by atoms with Crippen molar-refractivity contribution in [3.63, 3.8) is 0 Å². The van der Waals surface area contributed by atoms with Gasteiger partial charge in [-0.3, -0.25) is 15.3 Å². The van der Waals surface area contributed by atoms with E-state index in [0.717, 1.165) is 25.1 Å². The Balaban J connectivity index is 1.78. The minimum absolute atomic E-state index is 0.170. The number of rotatable bonds is 3. The van der Waals surface area contributed by atoms with E-state index in [2.05, 4.69) is 15.5 Å². The quantitative estimate of drug-likeness (QED) is 0.876. The third kappa shape index (κ3) is 2.99. The Morgan fingerprint density at radius 3 is 3.10 bits per heavy atom. The Morgan fingerprint density at radius 2 is 2.45 bits per heavy atom. The predicted molar refractivity (Wildman–Crippen MR) is 69.7 cm³/mol. The summed E-state index contributed by atoms with van der Waals surface area (Å²) in [4.78, 5) is 1.82. The minimum Gasteiger partial charge on any atom is -0.358 e. The van der Waals surface area contributed by atoms with E-state index in [1.165, 1.54) is 0 Å². The fraction of sp³-hybridized carbons (Fsp3) is 0.769. The number of H-pyrrole nitrogens is 1. The molecule has 5 nitrogen and oxygen atoms in total. The molecule has 3 rings (SSSR count). The molecule has 2 aliphatic rings. The lowest BCUT2D eigenvalue weighted by molar-refractivity contribution is -0.130. The van der Waals surface area contributed by atoms with Crippen molar-refractivity contribution in [2.45, 2.75) is 30.8 Å². The Labute approximate surface area is 116 Å². The summed E-state index contributed by atoms with van der Waals surface area (Å²) in [6, 6.07) is 1.92. The number of nitrogens with one attached hydrogen (secondary N) is 2. The van der Waals surface area contributed by atoms with Crippen LogP contribution < -0.4 is 5.32 Å². The molecule has 20 heavy (non-hydrogen) atoms. The molecule has 7 heteroatoms. The van der Waals surface area contributed by atoms with Crippen LogP contribution in [0.1, 0.15) is 24.5 Å². The maximum Gasteiger partial charge on any atom is 0.251 e. The average Bonchev–Trinajstić information content (AvgIpc) is 2.92. The highest BCUT2D eigenvalue weighted by molar-refractivity contribution is 5.11. The van der Waals surface area contributed by atoms with E-state index in [1.807, 2.05) is 11.0 Å². The molecule has 2 fully saturated rings. The smallest absolute Gasteiger partial charge is 0.251 e. The van der Waals surface area contributed by atoms with E-state index in [0.29, 0.717) is 19.8 Å². The van der Waals surface area contributed by atoms with Crippen LogP contribution in [0.2, 0.25) is 0 Å². The Bertz CT molecular complexity index is 420. The molecule has 2 unspecified atom stereocenters. The summed E-state index contributed by atoms with van der Waals surface area (Å²) in [6.07, 6.45) is 1.11. The SMILES string of the molecule is FC(F)CN1CC(c2ccn[nH]2)CC2(CCNCO2)C1. The Kier molecular flexibility index (Phi) is 4.00. The van der Waals surface area contributed by atoms with Crippen molar-refractivity contribution in [1.29, 1.82) is 0 Å². The van der Waals surface area contributed by atoms with Gasteiger partial charge in [0.15, 0.2) is 0 Å². The van der Waals surface area contributed by atoms with Gasteiger partial charge in [-0.25, -0.2) is 8.78 Å². The van der Waals surface area contributed by atoms with Crippen LogP contribution in [0.3, 0.4) is 0 Å². The molecule has 3 heterocycles. The molecule has 2 atom stereocenters. The predicted octanol–water partition coefficient (Wildman–Crippen LogP) is 1.17. The number of nitrogens with zero attached hydrogens (tertiary/aromatic N) is 2. The van der Waals surface area contributed by atoms with Crippen molar-refractivity contribution >= 4 is 0 Å². The number of alkyl halides is 2. The Morgan fingerprint density at radius 1 is 1.55 bits per heavy atom. The zero-order chi connectivity index (χ0) is 14.0. The van der Waals surface area contributed by atoms with Crippen LogP contribution in [0.4, 0.5) is 8.78 Å². The van der Waals surface area contributed by atoms with Crippen molar-refractivity contribution in [3.8, 4) is 0 Å². The van der Waals surface area contributed by atoms with Gasteiger partial charge in [0.1, 0.15) is 0 Å². The average molecular weight is 286 g/mol. The molecular formula is C13H20F2N4O. The molecule has 1 spiro atoms. The topological polar surface area (TPSA) is 53.2 Å². The maximum atomic E-state index is 12.7. The number of hydrogen-bond donors (Lipinski definition) is 2. The third-order valence-electron chi connectivity index (χ3n) is 4.20. The summed E-state index contributed by atoms with van der Waals surface area (Å²) in [5.74, 6) is 0.170. The lowest BCUT2D eigenvalue weighted by Crippen LogP contribution is -2.57. The van der Waals surface area contributed by atoms with Crippen molar-refractivity contribution < 1.29 is 13.5 Å². The summed E-state index contributed by atoms with van der Waals surface area (Å²) < 4.78 is 31.4. The number of hydrogen-bond acceptors (Lipinski definition) is 4. The summed E-state index contributed by atoms with van der Waals surface area (Å²) >= 11 is 0. The summed E-state index contributed by atoms with van der Waals surface area (Å²) in [7, 11) is 0. The number of ether oxygens (including phenoxy) is 1. The fourth-order valence-corrected chi connectivity index (χ4v) is 3.35. The highest BCUT2D eigenvalue weighted by Gasteiger charge is 2.43. The molecule has 0 radical (unpaired) electrons. The number of piperidine rings is 1. The molecule has 2 aliphatic heterocycles. The third-order valence-corrected chi connectivity index (χ3v) is 4.20. The van der Waals surface area contributed by atoms with Crippen molar-refractivity contribution in [3.05, 3.63) is 18.0 Å². The van der Waals surface area contributed by atoms with Crippen LogP contribution in [0.15, 0.2) is 12.3 Å². The van der Waals surface area contributed by atoms with Crippen LogP contribution in [0.5, 0.6) is 0 Å². The normalized spacial score (nSPS) is 32.0. The summed E-state index contributed by atoms with van der Waals surface area (Å²) in [5.41, 5.74) is 0.694. The van der Waals surface area contributed by atoms with Crippen molar-refractivity contribution in [1.82, 2.24) is 20.4 Å². The van der Waals surface area contributed by atoms with Gasteiger partial charge in [0.2, 0.25) is 0 Å². The molecule has 1 aromatic heterocycles. The van der Waals surface area contributed by atoms with E-state index in [9.17, 15) is 8.78 Å². The zero-order valence-corrected chi connectivity index (χ0v) is 11.3. The summed E-state index contributed by atoms with van der Waals surface area (Å²) in [6.45, 7) is 2.40. The first-order valence-corrected chi connectivity index (χ1v) is 7.01. The minimum atomic E-state index is -2.31. The van der Waals surface area contributed by atoms with Crippen LogP contribution in [0.25, 0.3) is 0 Å². The molecule has 0 aliphatic carbocycles. The first kappa shape index (κ1) is 13.9. The molecule has 2 saturated heterocycles. The van der Waals surface area contributed by atoms with E-state index in [1.54, 1.807) is 6.20 Å². The van der Waals surface area contributed by atoms with E-state index in [-0.39, 0.29) is 18.1 Å². The largest absolute Gasteiger partial charge is 0.358 e. The van der Waals surface area contributed by atoms with Gasteiger partial charge in [0, 0.05) is 37.4 Å². The number of likely N-dealkylation sites (tertiary alicyclic amines) is 1. The maximum absolute atomic E-state index is 12.7. The second-order valence-corrected chi connectivity index (χ2v) is 5.72. The molecule has 0 amide bonds. The van der Waals surface area contributed by atoms with Crippen LogP contribution in [-0.4, -0.2) is 60.0 Å².